The third-order valence-electron chi connectivity index (χ3n) is 4.17. The Morgan fingerprint density at radius 2 is 2.29 bits per heavy atom. The van der Waals surface area contributed by atoms with E-state index in [0.717, 1.165) is 37.3 Å². The average Bonchev–Trinajstić information content (AvgIpc) is 3.01. The van der Waals surface area contributed by atoms with Crippen molar-refractivity contribution in [2.45, 2.75) is 19.4 Å². The van der Waals surface area contributed by atoms with Crippen LogP contribution < -0.4 is 0 Å². The predicted octanol–water partition coefficient (Wildman–Crippen LogP) is 1.59. The monoisotopic (exact) mass is 307 g/mol. The smallest absolute Gasteiger partial charge is 0.150 e. The van der Waals surface area contributed by atoms with Crippen molar-refractivity contribution < 1.29 is 8.42 Å². The predicted molar refractivity (Wildman–Crippen MR) is 82.9 cm³/mol. The van der Waals surface area contributed by atoms with E-state index in [1.54, 1.807) is 0 Å². The lowest BCUT2D eigenvalue weighted by Crippen LogP contribution is -2.22. The number of fused-ring (bicyclic) bond motifs is 1. The fraction of sp³-hybridized carbons (Fsp3) is 0.533. The Bertz CT molecular complexity index is 723. The van der Waals surface area contributed by atoms with Gasteiger partial charge in [0, 0.05) is 12.7 Å². The van der Waals surface area contributed by atoms with Gasteiger partial charge in [-0.3, -0.25) is 0 Å². The van der Waals surface area contributed by atoms with Crippen LogP contribution in [0.3, 0.4) is 0 Å². The van der Waals surface area contributed by atoms with Crippen LogP contribution in [0.4, 0.5) is 0 Å². The van der Waals surface area contributed by atoms with Crippen LogP contribution >= 0.6 is 0 Å². The van der Waals surface area contributed by atoms with E-state index >= 15 is 0 Å². The van der Waals surface area contributed by atoms with Gasteiger partial charge < -0.3 is 9.30 Å². The molecule has 1 atom stereocenters. The fourth-order valence-corrected chi connectivity index (χ4v) is 4.87. The van der Waals surface area contributed by atoms with Gasteiger partial charge >= 0.3 is 0 Å². The number of hydrogen-bond acceptors (Lipinski definition) is 4. The standard InChI is InChI=1S/C15H21N3O2S/c1-17(8-5-13-6-9-21(19,20)12-13)11-14-10-16-15-4-2-3-7-18(14)15/h2-4,7,10,13H,5-6,8-9,11-12H2,1H3. The molecule has 0 saturated carbocycles. The third kappa shape index (κ3) is 3.44. The van der Waals surface area contributed by atoms with E-state index in [4.69, 9.17) is 0 Å². The number of aromatic nitrogens is 2. The van der Waals surface area contributed by atoms with E-state index < -0.39 is 9.84 Å². The van der Waals surface area contributed by atoms with Gasteiger partial charge in [0.15, 0.2) is 9.84 Å². The molecular weight excluding hydrogens is 286 g/mol. The molecule has 2 aromatic rings. The number of rotatable bonds is 5. The first-order chi connectivity index (χ1) is 10.0. The maximum absolute atomic E-state index is 11.5. The molecular formula is C15H21N3O2S. The van der Waals surface area contributed by atoms with Gasteiger partial charge in [-0.2, -0.15) is 0 Å². The van der Waals surface area contributed by atoms with E-state index in [1.165, 1.54) is 0 Å². The average molecular weight is 307 g/mol. The molecule has 0 amide bonds. The summed E-state index contributed by atoms with van der Waals surface area (Å²) in [6, 6.07) is 5.98. The van der Waals surface area contributed by atoms with Crippen molar-refractivity contribution in [3.05, 3.63) is 36.3 Å². The molecule has 2 aromatic heterocycles. The van der Waals surface area contributed by atoms with Crippen molar-refractivity contribution in [1.82, 2.24) is 14.3 Å². The molecule has 3 heterocycles. The van der Waals surface area contributed by atoms with Crippen LogP contribution in [0, 0.1) is 5.92 Å². The first-order valence-corrected chi connectivity index (χ1v) is 9.15. The summed E-state index contributed by atoms with van der Waals surface area (Å²) in [4.78, 5) is 6.62. The fourth-order valence-electron chi connectivity index (χ4n) is 2.96. The lowest BCUT2D eigenvalue weighted by molar-refractivity contribution is 0.296. The molecule has 3 rings (SSSR count). The van der Waals surface area contributed by atoms with Crippen molar-refractivity contribution in [3.63, 3.8) is 0 Å². The largest absolute Gasteiger partial charge is 0.303 e. The van der Waals surface area contributed by atoms with Gasteiger partial charge in [0.1, 0.15) is 5.65 Å². The van der Waals surface area contributed by atoms with Crippen LogP contribution in [0.25, 0.3) is 5.65 Å². The van der Waals surface area contributed by atoms with E-state index in [9.17, 15) is 8.42 Å². The highest BCUT2D eigenvalue weighted by atomic mass is 32.2. The lowest BCUT2D eigenvalue weighted by Gasteiger charge is -2.18. The summed E-state index contributed by atoms with van der Waals surface area (Å²) >= 11 is 0. The van der Waals surface area contributed by atoms with Gasteiger partial charge in [0.2, 0.25) is 0 Å². The molecule has 0 spiro atoms. The Morgan fingerprint density at radius 3 is 3.05 bits per heavy atom. The van der Waals surface area contributed by atoms with E-state index in [-0.39, 0.29) is 0 Å². The van der Waals surface area contributed by atoms with Crippen molar-refractivity contribution in [2.24, 2.45) is 5.92 Å². The van der Waals surface area contributed by atoms with Gasteiger partial charge in [0.25, 0.3) is 0 Å². The molecule has 1 unspecified atom stereocenters. The summed E-state index contributed by atoms with van der Waals surface area (Å²) < 4.78 is 25.0. The highest BCUT2D eigenvalue weighted by Crippen LogP contribution is 2.21. The van der Waals surface area contributed by atoms with Crippen LogP contribution in [-0.2, 0) is 16.4 Å². The Hall–Kier alpha value is -1.40. The first-order valence-electron chi connectivity index (χ1n) is 7.33. The Kier molecular flexibility index (Phi) is 3.99. The van der Waals surface area contributed by atoms with Gasteiger partial charge in [-0.05, 0) is 44.5 Å². The second-order valence-corrected chi connectivity index (χ2v) is 8.20. The van der Waals surface area contributed by atoms with Crippen molar-refractivity contribution in [2.75, 3.05) is 25.1 Å². The zero-order valence-corrected chi connectivity index (χ0v) is 13.1. The maximum Gasteiger partial charge on any atom is 0.150 e. The second-order valence-electron chi connectivity index (χ2n) is 5.97. The molecule has 0 aromatic carbocycles. The van der Waals surface area contributed by atoms with E-state index in [2.05, 4.69) is 21.3 Å². The minimum atomic E-state index is -2.75. The number of hydrogen-bond donors (Lipinski definition) is 0. The molecule has 6 heteroatoms. The number of nitrogens with zero attached hydrogens (tertiary/aromatic N) is 3. The number of sulfone groups is 1. The molecule has 1 saturated heterocycles. The summed E-state index contributed by atoms with van der Waals surface area (Å²) in [6.45, 7) is 1.74. The van der Waals surface area contributed by atoms with E-state index in [0.29, 0.717) is 17.4 Å². The number of imidazole rings is 1. The van der Waals surface area contributed by atoms with Crippen LogP contribution in [0.2, 0.25) is 0 Å². The third-order valence-corrected chi connectivity index (χ3v) is 6.01. The molecule has 0 aliphatic carbocycles. The second kappa shape index (κ2) is 5.77. The highest BCUT2D eigenvalue weighted by molar-refractivity contribution is 7.91. The highest BCUT2D eigenvalue weighted by Gasteiger charge is 2.27. The summed E-state index contributed by atoms with van der Waals surface area (Å²) in [6.07, 6.45) is 5.71. The molecule has 1 aliphatic rings. The van der Waals surface area contributed by atoms with Crippen LogP contribution in [0.1, 0.15) is 18.5 Å². The van der Waals surface area contributed by atoms with E-state index in [1.807, 2.05) is 30.6 Å². The molecule has 114 valence electrons. The Balaban J connectivity index is 1.56. The van der Waals surface area contributed by atoms with Gasteiger partial charge in [0.05, 0.1) is 23.4 Å². The lowest BCUT2D eigenvalue weighted by atomic mass is 10.1. The topological polar surface area (TPSA) is 54.7 Å². The molecule has 1 aliphatic heterocycles. The minimum absolute atomic E-state index is 0.333. The van der Waals surface area contributed by atoms with Crippen LogP contribution in [0.5, 0.6) is 0 Å². The van der Waals surface area contributed by atoms with Crippen LogP contribution in [0.15, 0.2) is 30.6 Å². The summed E-state index contributed by atoms with van der Waals surface area (Å²) in [5.41, 5.74) is 2.12. The van der Waals surface area contributed by atoms with Crippen LogP contribution in [-0.4, -0.2) is 47.8 Å². The molecule has 21 heavy (non-hydrogen) atoms. The quantitative estimate of drug-likeness (QED) is 0.842. The zero-order valence-electron chi connectivity index (χ0n) is 12.3. The normalized spacial score (nSPS) is 21.3. The molecule has 5 nitrogen and oxygen atoms in total. The van der Waals surface area contributed by atoms with Crippen molar-refractivity contribution in [1.29, 1.82) is 0 Å². The van der Waals surface area contributed by atoms with Gasteiger partial charge in [-0.25, -0.2) is 13.4 Å². The molecule has 0 radical (unpaired) electrons. The summed E-state index contributed by atoms with van der Waals surface area (Å²) in [5.74, 6) is 1.07. The Morgan fingerprint density at radius 1 is 1.43 bits per heavy atom. The van der Waals surface area contributed by atoms with Crippen molar-refractivity contribution >= 4 is 15.5 Å². The molecule has 0 N–H and O–H groups in total. The minimum Gasteiger partial charge on any atom is -0.303 e. The van der Waals surface area contributed by atoms with Crippen molar-refractivity contribution in [3.8, 4) is 0 Å². The summed E-state index contributed by atoms with van der Waals surface area (Å²) in [7, 11) is -0.680. The number of pyridine rings is 1. The first kappa shape index (κ1) is 14.5. The molecule has 0 bridgehead atoms. The maximum atomic E-state index is 11.5. The summed E-state index contributed by atoms with van der Waals surface area (Å²) in [5, 5.41) is 0. The molecule has 1 fully saturated rings. The zero-order chi connectivity index (χ0) is 14.9. The SMILES string of the molecule is CN(CCC1CCS(=O)(=O)C1)Cc1cnc2ccccn12. The van der Waals surface area contributed by atoms with Gasteiger partial charge in [-0.15, -0.1) is 0 Å². The Labute approximate surface area is 125 Å². The van der Waals surface area contributed by atoms with Gasteiger partial charge in [-0.1, -0.05) is 6.07 Å².